The van der Waals surface area contributed by atoms with Gasteiger partial charge in [-0.25, -0.2) is 4.79 Å². The molecule has 0 spiro atoms. The number of hydrogen-bond acceptors (Lipinski definition) is 2. The number of ether oxygens (including phenoxy) is 1. The quantitative estimate of drug-likeness (QED) is 0.890. The van der Waals surface area contributed by atoms with Crippen LogP contribution in [0.1, 0.15) is 26.3 Å². The van der Waals surface area contributed by atoms with Crippen molar-refractivity contribution >= 4 is 11.7 Å². The first-order valence-corrected chi connectivity index (χ1v) is 6.89. The summed E-state index contributed by atoms with van der Waals surface area (Å²) in [6.07, 6.45) is 1.10. The summed E-state index contributed by atoms with van der Waals surface area (Å²) in [4.78, 5) is 14.1. The van der Waals surface area contributed by atoms with Gasteiger partial charge in [0.05, 0.1) is 12.2 Å². The van der Waals surface area contributed by atoms with Crippen LogP contribution in [0.5, 0.6) is 0 Å². The van der Waals surface area contributed by atoms with E-state index in [1.165, 1.54) is 0 Å². The molecule has 1 aromatic rings. The zero-order valence-corrected chi connectivity index (χ0v) is 11.8. The van der Waals surface area contributed by atoms with Crippen LogP contribution in [0.3, 0.4) is 0 Å². The lowest BCUT2D eigenvalue weighted by molar-refractivity contribution is -0.0530. The van der Waals surface area contributed by atoms with E-state index in [-0.39, 0.29) is 18.2 Å². The van der Waals surface area contributed by atoms with Crippen LogP contribution in [-0.2, 0) is 11.2 Å². The van der Waals surface area contributed by atoms with Crippen molar-refractivity contribution in [1.82, 2.24) is 4.90 Å². The molecule has 4 nitrogen and oxygen atoms in total. The summed E-state index contributed by atoms with van der Waals surface area (Å²) in [5.41, 5.74) is 2.06. The monoisotopic (exact) mass is 262 g/mol. The lowest BCUT2D eigenvalue weighted by Gasteiger charge is -2.35. The molecule has 2 rings (SSSR count). The van der Waals surface area contributed by atoms with Crippen LogP contribution in [0, 0.1) is 0 Å². The first kappa shape index (κ1) is 13.9. The molecule has 1 aromatic carbocycles. The third-order valence-corrected chi connectivity index (χ3v) is 3.35. The number of morpholine rings is 1. The molecule has 0 bridgehead atoms. The Morgan fingerprint density at radius 2 is 1.95 bits per heavy atom. The molecule has 4 heteroatoms. The number of anilines is 1. The number of amides is 2. The number of nitrogens with zero attached hydrogens (tertiary/aromatic N) is 1. The minimum Gasteiger partial charge on any atom is -0.372 e. The van der Waals surface area contributed by atoms with Crippen LogP contribution in [0.2, 0.25) is 0 Å². The minimum absolute atomic E-state index is 0.0390. The first-order chi connectivity index (χ1) is 9.10. The normalized spacial score (nSPS) is 23.2. The second-order valence-electron chi connectivity index (χ2n) is 5.10. The van der Waals surface area contributed by atoms with Crippen molar-refractivity contribution in [2.24, 2.45) is 0 Å². The number of para-hydroxylation sites is 1. The molecule has 1 N–H and O–H groups in total. The molecule has 1 saturated heterocycles. The van der Waals surface area contributed by atoms with Crippen LogP contribution in [0.15, 0.2) is 24.3 Å². The van der Waals surface area contributed by atoms with E-state index in [0.717, 1.165) is 17.7 Å². The van der Waals surface area contributed by atoms with Crippen LogP contribution in [-0.4, -0.2) is 36.2 Å². The SMILES string of the molecule is CCc1ccccc1NC(=O)N1CC(C)OC(C)C1. The molecule has 2 unspecified atom stereocenters. The number of carbonyl (C=O) groups is 1. The highest BCUT2D eigenvalue weighted by Gasteiger charge is 2.26. The molecular formula is C15H22N2O2. The fraction of sp³-hybridized carbons (Fsp3) is 0.533. The van der Waals surface area contributed by atoms with Gasteiger partial charge in [-0.15, -0.1) is 0 Å². The van der Waals surface area contributed by atoms with Crippen molar-refractivity contribution in [3.05, 3.63) is 29.8 Å². The summed E-state index contributed by atoms with van der Waals surface area (Å²) in [7, 11) is 0. The maximum atomic E-state index is 12.3. The minimum atomic E-state index is -0.0390. The smallest absolute Gasteiger partial charge is 0.322 e. The Labute approximate surface area is 114 Å². The molecule has 2 amide bonds. The summed E-state index contributed by atoms with van der Waals surface area (Å²) < 4.78 is 5.64. The maximum Gasteiger partial charge on any atom is 0.322 e. The Balaban J connectivity index is 2.04. The van der Waals surface area contributed by atoms with Gasteiger partial charge < -0.3 is 15.0 Å². The van der Waals surface area contributed by atoms with E-state index in [0.29, 0.717) is 13.1 Å². The number of nitrogens with one attached hydrogen (secondary N) is 1. The molecule has 1 aliphatic heterocycles. The topological polar surface area (TPSA) is 41.6 Å². The van der Waals surface area contributed by atoms with Crippen LogP contribution in [0.25, 0.3) is 0 Å². The van der Waals surface area contributed by atoms with E-state index in [4.69, 9.17) is 4.74 Å². The van der Waals surface area contributed by atoms with E-state index in [2.05, 4.69) is 12.2 Å². The Bertz CT molecular complexity index is 438. The van der Waals surface area contributed by atoms with Gasteiger partial charge in [0.25, 0.3) is 0 Å². The lowest BCUT2D eigenvalue weighted by Crippen LogP contribution is -2.49. The summed E-state index contributed by atoms with van der Waals surface area (Å²) in [5.74, 6) is 0. The van der Waals surface area contributed by atoms with Crippen molar-refractivity contribution < 1.29 is 9.53 Å². The fourth-order valence-electron chi connectivity index (χ4n) is 2.49. The van der Waals surface area contributed by atoms with Gasteiger partial charge in [-0.2, -0.15) is 0 Å². The zero-order chi connectivity index (χ0) is 13.8. The van der Waals surface area contributed by atoms with Crippen molar-refractivity contribution in [1.29, 1.82) is 0 Å². The molecule has 0 aromatic heterocycles. The van der Waals surface area contributed by atoms with Gasteiger partial charge >= 0.3 is 6.03 Å². The molecule has 0 saturated carbocycles. The number of benzene rings is 1. The second-order valence-corrected chi connectivity index (χ2v) is 5.10. The van der Waals surface area contributed by atoms with Gasteiger partial charge in [-0.05, 0) is 31.9 Å². The number of rotatable bonds is 2. The molecule has 0 radical (unpaired) electrons. The third-order valence-electron chi connectivity index (χ3n) is 3.35. The molecule has 1 fully saturated rings. The summed E-state index contributed by atoms with van der Waals surface area (Å²) in [6.45, 7) is 7.37. The highest BCUT2D eigenvalue weighted by molar-refractivity contribution is 5.90. The van der Waals surface area contributed by atoms with Gasteiger partial charge in [-0.1, -0.05) is 25.1 Å². The van der Waals surface area contributed by atoms with Gasteiger partial charge in [0.1, 0.15) is 0 Å². The molecule has 104 valence electrons. The van der Waals surface area contributed by atoms with E-state index in [1.54, 1.807) is 0 Å². The average molecular weight is 262 g/mol. The first-order valence-electron chi connectivity index (χ1n) is 6.89. The Morgan fingerprint density at radius 1 is 1.32 bits per heavy atom. The van der Waals surface area contributed by atoms with E-state index >= 15 is 0 Å². The standard InChI is InChI=1S/C15H22N2O2/c1-4-13-7-5-6-8-14(13)16-15(18)17-9-11(2)19-12(3)10-17/h5-8,11-12H,4,9-10H2,1-3H3,(H,16,18). The van der Waals surface area contributed by atoms with Gasteiger partial charge in [0.2, 0.25) is 0 Å². The average Bonchev–Trinajstić information content (AvgIpc) is 2.38. The number of carbonyl (C=O) groups excluding carboxylic acids is 1. The zero-order valence-electron chi connectivity index (χ0n) is 11.8. The highest BCUT2D eigenvalue weighted by atomic mass is 16.5. The number of aryl methyl sites for hydroxylation is 1. The van der Waals surface area contributed by atoms with E-state index in [1.807, 2.05) is 43.0 Å². The second kappa shape index (κ2) is 6.06. The molecule has 1 aliphatic rings. The number of hydrogen-bond donors (Lipinski definition) is 1. The van der Waals surface area contributed by atoms with Crippen LogP contribution >= 0.6 is 0 Å². The van der Waals surface area contributed by atoms with E-state index in [9.17, 15) is 4.79 Å². The van der Waals surface area contributed by atoms with Crippen molar-refractivity contribution in [2.75, 3.05) is 18.4 Å². The predicted molar refractivity (Wildman–Crippen MR) is 76.4 cm³/mol. The Kier molecular flexibility index (Phi) is 4.43. The summed E-state index contributed by atoms with van der Waals surface area (Å²) in [5, 5.41) is 3.00. The van der Waals surface area contributed by atoms with Gasteiger partial charge in [0.15, 0.2) is 0 Å². The third kappa shape index (κ3) is 3.47. The molecule has 1 heterocycles. The summed E-state index contributed by atoms with van der Waals surface area (Å²) in [6, 6.07) is 7.89. The molecule has 2 atom stereocenters. The van der Waals surface area contributed by atoms with Crippen molar-refractivity contribution in [2.45, 2.75) is 39.4 Å². The Hall–Kier alpha value is -1.55. The van der Waals surface area contributed by atoms with E-state index < -0.39 is 0 Å². The molecular weight excluding hydrogens is 240 g/mol. The number of urea groups is 1. The van der Waals surface area contributed by atoms with Gasteiger partial charge in [0, 0.05) is 18.8 Å². The Morgan fingerprint density at radius 3 is 2.58 bits per heavy atom. The lowest BCUT2D eigenvalue weighted by atomic mass is 10.1. The molecule has 19 heavy (non-hydrogen) atoms. The largest absolute Gasteiger partial charge is 0.372 e. The van der Waals surface area contributed by atoms with Gasteiger partial charge in [-0.3, -0.25) is 0 Å². The predicted octanol–water partition coefficient (Wildman–Crippen LogP) is 2.89. The fourth-order valence-corrected chi connectivity index (χ4v) is 2.49. The summed E-state index contributed by atoms with van der Waals surface area (Å²) >= 11 is 0. The molecule has 0 aliphatic carbocycles. The maximum absolute atomic E-state index is 12.3. The van der Waals surface area contributed by atoms with Crippen LogP contribution < -0.4 is 5.32 Å². The van der Waals surface area contributed by atoms with Crippen molar-refractivity contribution in [3.63, 3.8) is 0 Å². The van der Waals surface area contributed by atoms with Crippen LogP contribution in [0.4, 0.5) is 10.5 Å². The van der Waals surface area contributed by atoms with Crippen molar-refractivity contribution in [3.8, 4) is 0 Å². The highest BCUT2D eigenvalue weighted by Crippen LogP contribution is 2.17.